The summed E-state index contributed by atoms with van der Waals surface area (Å²) in [6, 6.07) is 2.00. The third kappa shape index (κ3) is 1.91. The summed E-state index contributed by atoms with van der Waals surface area (Å²) in [7, 11) is 0. The Kier molecular flexibility index (Phi) is 2.88. The molecule has 0 aliphatic carbocycles. The number of nitrogens with zero attached hydrogens (tertiary/aromatic N) is 1. The number of nitrogens with one attached hydrogen (secondary N) is 1. The van der Waals surface area contributed by atoms with Gasteiger partial charge in [-0.1, -0.05) is 11.6 Å². The van der Waals surface area contributed by atoms with Crippen LogP contribution in [0.5, 0.6) is 5.75 Å². The lowest BCUT2D eigenvalue weighted by molar-refractivity contribution is -0.384. The average Bonchev–Trinajstić information content (AvgIpc) is 2.12. The number of halogens is 1. The summed E-state index contributed by atoms with van der Waals surface area (Å²) in [4.78, 5) is 19.8. The zero-order valence-electron chi connectivity index (χ0n) is 6.73. The predicted octanol–water partition coefficient (Wildman–Crippen LogP) is 1.52. The van der Waals surface area contributed by atoms with Crippen molar-refractivity contribution in [2.24, 2.45) is 0 Å². The highest BCUT2D eigenvalue weighted by atomic mass is 35.5. The maximum Gasteiger partial charge on any atom is 0.273 e. The van der Waals surface area contributed by atoms with Crippen molar-refractivity contribution in [3.05, 3.63) is 27.3 Å². The normalized spacial score (nSPS) is 9.50. The van der Waals surface area contributed by atoms with Crippen molar-refractivity contribution in [3.63, 3.8) is 0 Å². The molecule has 0 heterocycles. The van der Waals surface area contributed by atoms with Gasteiger partial charge in [-0.25, -0.2) is 0 Å². The third-order valence-electron chi connectivity index (χ3n) is 1.47. The Labute approximate surface area is 83.3 Å². The summed E-state index contributed by atoms with van der Waals surface area (Å²) >= 11 is 5.49. The van der Waals surface area contributed by atoms with Crippen LogP contribution in [0, 0.1) is 10.1 Å². The van der Waals surface area contributed by atoms with Crippen LogP contribution < -0.4 is 5.32 Å². The molecule has 0 saturated carbocycles. The van der Waals surface area contributed by atoms with Gasteiger partial charge in [0.15, 0.2) is 5.75 Å². The second kappa shape index (κ2) is 3.93. The molecule has 1 amide bonds. The van der Waals surface area contributed by atoms with Gasteiger partial charge in [-0.3, -0.25) is 14.9 Å². The monoisotopic (exact) mass is 216 g/mol. The minimum atomic E-state index is -0.679. The van der Waals surface area contributed by atoms with Gasteiger partial charge >= 0.3 is 0 Å². The quantitative estimate of drug-likeness (QED) is 0.347. The molecule has 7 heteroatoms. The van der Waals surface area contributed by atoms with Crippen LogP contribution in [0.3, 0.4) is 0 Å². The number of phenols is 1. The van der Waals surface area contributed by atoms with E-state index in [0.29, 0.717) is 0 Å². The molecule has 0 atom stereocenters. The number of non-ortho nitro benzene ring substituents is 1. The molecule has 14 heavy (non-hydrogen) atoms. The van der Waals surface area contributed by atoms with Gasteiger partial charge in [0.05, 0.1) is 15.6 Å². The van der Waals surface area contributed by atoms with Crippen LogP contribution in [-0.4, -0.2) is 16.4 Å². The van der Waals surface area contributed by atoms with E-state index >= 15 is 0 Å². The Hall–Kier alpha value is -1.82. The van der Waals surface area contributed by atoms with Crippen LogP contribution in [0.2, 0.25) is 5.02 Å². The van der Waals surface area contributed by atoms with Crippen molar-refractivity contribution in [3.8, 4) is 5.75 Å². The smallest absolute Gasteiger partial charge is 0.273 e. The van der Waals surface area contributed by atoms with E-state index < -0.39 is 10.7 Å². The molecule has 0 unspecified atom stereocenters. The molecule has 0 aliphatic rings. The van der Waals surface area contributed by atoms with Crippen molar-refractivity contribution in [1.29, 1.82) is 0 Å². The fourth-order valence-electron chi connectivity index (χ4n) is 0.864. The van der Waals surface area contributed by atoms with Gasteiger partial charge in [0.1, 0.15) is 0 Å². The molecule has 6 nitrogen and oxygen atoms in total. The predicted molar refractivity (Wildman–Crippen MR) is 49.5 cm³/mol. The van der Waals surface area contributed by atoms with Gasteiger partial charge in [0.2, 0.25) is 6.41 Å². The molecule has 74 valence electrons. The van der Waals surface area contributed by atoms with Crippen LogP contribution in [0.4, 0.5) is 11.4 Å². The zero-order valence-corrected chi connectivity index (χ0v) is 7.49. The number of nitro groups is 1. The molecule has 2 N–H and O–H groups in total. The average molecular weight is 217 g/mol. The first-order valence-electron chi connectivity index (χ1n) is 3.43. The number of hydrogen-bond donors (Lipinski definition) is 2. The first kappa shape index (κ1) is 10.3. The molecule has 1 aromatic carbocycles. The number of benzene rings is 1. The molecule has 0 saturated heterocycles. The maximum atomic E-state index is 10.4. The van der Waals surface area contributed by atoms with E-state index in [1.807, 2.05) is 0 Å². The van der Waals surface area contributed by atoms with Gasteiger partial charge in [-0.15, -0.1) is 0 Å². The molecule has 0 radical (unpaired) electrons. The van der Waals surface area contributed by atoms with E-state index in [4.69, 9.17) is 11.6 Å². The molecule has 0 fully saturated rings. The summed E-state index contributed by atoms with van der Waals surface area (Å²) in [5, 5.41) is 21.5. The van der Waals surface area contributed by atoms with Crippen molar-refractivity contribution in [2.45, 2.75) is 0 Å². The second-order valence-electron chi connectivity index (χ2n) is 2.34. The number of aromatic hydroxyl groups is 1. The third-order valence-corrected chi connectivity index (χ3v) is 1.76. The molecule has 1 aromatic rings. The highest BCUT2D eigenvalue weighted by molar-refractivity contribution is 6.32. The number of carbonyl (C=O) groups excluding carboxylic acids is 1. The molecule has 1 rings (SSSR count). The highest BCUT2D eigenvalue weighted by Gasteiger charge is 2.14. The SMILES string of the molecule is O=CNc1cc([N+](=O)[O-])cc(Cl)c1O. The fraction of sp³-hybridized carbons (Fsp3) is 0. The number of nitro benzene ring substituents is 1. The number of hydrogen-bond acceptors (Lipinski definition) is 4. The number of anilines is 1. The highest BCUT2D eigenvalue weighted by Crippen LogP contribution is 2.35. The molecular formula is C7H5ClN2O4. The van der Waals surface area contributed by atoms with E-state index in [9.17, 15) is 20.0 Å². The van der Waals surface area contributed by atoms with Crippen LogP contribution in [-0.2, 0) is 4.79 Å². The van der Waals surface area contributed by atoms with E-state index in [1.165, 1.54) is 0 Å². The van der Waals surface area contributed by atoms with Gasteiger partial charge in [0.25, 0.3) is 5.69 Å². The number of amides is 1. The maximum absolute atomic E-state index is 10.4. The lowest BCUT2D eigenvalue weighted by Gasteiger charge is -2.03. The summed E-state index contributed by atoms with van der Waals surface area (Å²) in [6.07, 6.45) is 0.287. The first-order valence-corrected chi connectivity index (χ1v) is 3.81. The Morgan fingerprint density at radius 2 is 2.21 bits per heavy atom. The van der Waals surface area contributed by atoms with E-state index in [1.54, 1.807) is 0 Å². The topological polar surface area (TPSA) is 92.5 Å². The summed E-state index contributed by atoms with van der Waals surface area (Å²) in [5.74, 6) is -0.399. The van der Waals surface area contributed by atoms with Crippen LogP contribution in [0.25, 0.3) is 0 Å². The van der Waals surface area contributed by atoms with E-state index in [2.05, 4.69) is 5.32 Å². The minimum Gasteiger partial charge on any atom is -0.504 e. The number of phenolic OH excluding ortho intramolecular Hbond substituents is 1. The summed E-state index contributed by atoms with van der Waals surface area (Å²) in [5.41, 5.74) is -0.406. The van der Waals surface area contributed by atoms with Gasteiger partial charge in [-0.2, -0.15) is 0 Å². The van der Waals surface area contributed by atoms with Gasteiger partial charge in [0, 0.05) is 12.1 Å². The second-order valence-corrected chi connectivity index (χ2v) is 2.75. The van der Waals surface area contributed by atoms with Crippen LogP contribution >= 0.6 is 11.6 Å². The lowest BCUT2D eigenvalue weighted by atomic mass is 10.2. The molecule has 0 aromatic heterocycles. The lowest BCUT2D eigenvalue weighted by Crippen LogP contribution is -1.96. The Balaban J connectivity index is 3.27. The molecule has 0 aliphatic heterocycles. The standard InChI is InChI=1S/C7H5ClN2O4/c8-5-1-4(10(13)14)2-6(7(5)12)9-3-11/h1-3,12H,(H,9,11). The number of rotatable bonds is 3. The van der Waals surface area contributed by atoms with E-state index in [0.717, 1.165) is 12.1 Å². The zero-order chi connectivity index (χ0) is 10.7. The summed E-state index contributed by atoms with van der Waals surface area (Å²) in [6.45, 7) is 0. The fourth-order valence-corrected chi connectivity index (χ4v) is 1.08. The molecular weight excluding hydrogens is 212 g/mol. The molecule has 0 bridgehead atoms. The van der Waals surface area contributed by atoms with Crippen molar-refractivity contribution in [2.75, 3.05) is 5.32 Å². The molecule has 0 spiro atoms. The van der Waals surface area contributed by atoms with Crippen molar-refractivity contribution >= 4 is 29.4 Å². The Morgan fingerprint density at radius 3 is 2.71 bits per heavy atom. The van der Waals surface area contributed by atoms with E-state index in [-0.39, 0.29) is 22.8 Å². The first-order chi connectivity index (χ1) is 6.56. The number of carbonyl (C=O) groups is 1. The van der Waals surface area contributed by atoms with Crippen molar-refractivity contribution in [1.82, 2.24) is 0 Å². The Bertz CT molecular complexity index is 394. The largest absolute Gasteiger partial charge is 0.504 e. The van der Waals surface area contributed by atoms with Gasteiger partial charge in [-0.05, 0) is 0 Å². The summed E-state index contributed by atoms with van der Waals surface area (Å²) < 4.78 is 0. The minimum absolute atomic E-state index is 0.0980. The van der Waals surface area contributed by atoms with Crippen LogP contribution in [0.15, 0.2) is 12.1 Å². The van der Waals surface area contributed by atoms with Crippen LogP contribution in [0.1, 0.15) is 0 Å². The van der Waals surface area contributed by atoms with Crippen molar-refractivity contribution < 1.29 is 14.8 Å². The van der Waals surface area contributed by atoms with Gasteiger partial charge < -0.3 is 10.4 Å². The Morgan fingerprint density at radius 1 is 1.57 bits per heavy atom.